The summed E-state index contributed by atoms with van der Waals surface area (Å²) in [5, 5.41) is 0. The van der Waals surface area contributed by atoms with E-state index in [4.69, 9.17) is 0 Å². The van der Waals surface area contributed by atoms with Crippen molar-refractivity contribution in [2.45, 2.75) is 27.7 Å². The second-order valence-corrected chi connectivity index (χ2v) is 5.27. The maximum atomic E-state index is 11.6. The minimum absolute atomic E-state index is 0.0302. The number of hydrogen-bond donors (Lipinski definition) is 0. The molecule has 0 aliphatic heterocycles. The highest BCUT2D eigenvalue weighted by Crippen LogP contribution is 2.00. The van der Waals surface area contributed by atoms with Crippen molar-refractivity contribution in [3.05, 3.63) is 0 Å². The van der Waals surface area contributed by atoms with E-state index in [1.54, 1.807) is 11.9 Å². The number of hydrogen-bond acceptors (Lipinski definition) is 3. The van der Waals surface area contributed by atoms with Crippen LogP contribution >= 0.6 is 0 Å². The first-order valence-electron chi connectivity index (χ1n) is 6.22. The zero-order valence-electron chi connectivity index (χ0n) is 12.0. The normalized spacial score (nSPS) is 11.4. The molecule has 100 valence electrons. The van der Waals surface area contributed by atoms with Gasteiger partial charge in [-0.15, -0.1) is 0 Å². The molecule has 0 aliphatic carbocycles. The lowest BCUT2D eigenvalue weighted by Gasteiger charge is -2.23. The van der Waals surface area contributed by atoms with E-state index in [1.807, 2.05) is 39.6 Å². The summed E-state index contributed by atoms with van der Waals surface area (Å²) in [6.45, 7) is 9.46. The zero-order chi connectivity index (χ0) is 13.6. The molecular weight excluding hydrogens is 216 g/mol. The predicted molar refractivity (Wildman–Crippen MR) is 69.8 cm³/mol. The van der Waals surface area contributed by atoms with Gasteiger partial charge in [0.15, 0.2) is 0 Å². The Balaban J connectivity index is 3.96. The summed E-state index contributed by atoms with van der Waals surface area (Å²) < 4.78 is 0. The quantitative estimate of drug-likeness (QED) is 0.675. The SMILES string of the molecule is CC(C)C(=O)CN(C)CCN(C)C(=O)C(C)C. The highest BCUT2D eigenvalue weighted by atomic mass is 16.2. The van der Waals surface area contributed by atoms with Crippen LogP contribution < -0.4 is 0 Å². The number of ketones is 1. The van der Waals surface area contributed by atoms with Gasteiger partial charge in [-0.2, -0.15) is 0 Å². The van der Waals surface area contributed by atoms with E-state index in [9.17, 15) is 9.59 Å². The molecule has 0 atom stereocenters. The van der Waals surface area contributed by atoms with Crippen LogP contribution in [0.25, 0.3) is 0 Å². The molecule has 0 saturated carbocycles. The third-order valence-electron chi connectivity index (χ3n) is 2.76. The van der Waals surface area contributed by atoms with Gasteiger partial charge < -0.3 is 4.90 Å². The standard InChI is InChI=1S/C13H26N2O2/c1-10(2)12(16)9-14(5)7-8-15(6)13(17)11(3)4/h10-11H,7-9H2,1-6H3. The molecule has 0 aliphatic rings. The summed E-state index contributed by atoms with van der Waals surface area (Å²) in [4.78, 5) is 26.8. The van der Waals surface area contributed by atoms with Gasteiger partial charge in [0.2, 0.25) is 5.91 Å². The van der Waals surface area contributed by atoms with E-state index in [1.165, 1.54) is 0 Å². The van der Waals surface area contributed by atoms with Crippen molar-refractivity contribution in [2.24, 2.45) is 11.8 Å². The molecule has 4 heteroatoms. The topological polar surface area (TPSA) is 40.6 Å². The van der Waals surface area contributed by atoms with Crippen LogP contribution in [0.1, 0.15) is 27.7 Å². The molecule has 0 saturated heterocycles. The first-order chi connectivity index (χ1) is 7.75. The maximum Gasteiger partial charge on any atom is 0.224 e. The van der Waals surface area contributed by atoms with E-state index in [0.717, 1.165) is 6.54 Å². The van der Waals surface area contributed by atoms with Crippen molar-refractivity contribution < 1.29 is 9.59 Å². The lowest BCUT2D eigenvalue weighted by atomic mass is 10.1. The Morgan fingerprint density at radius 3 is 1.88 bits per heavy atom. The van der Waals surface area contributed by atoms with Crippen molar-refractivity contribution >= 4 is 11.7 Å². The summed E-state index contributed by atoms with van der Waals surface area (Å²) in [5.41, 5.74) is 0. The van der Waals surface area contributed by atoms with Crippen molar-refractivity contribution in [3.8, 4) is 0 Å². The fourth-order valence-corrected chi connectivity index (χ4v) is 1.40. The number of amides is 1. The van der Waals surface area contributed by atoms with Gasteiger partial charge in [-0.1, -0.05) is 27.7 Å². The highest BCUT2D eigenvalue weighted by molar-refractivity contribution is 5.82. The number of rotatable bonds is 7. The van der Waals surface area contributed by atoms with E-state index in [2.05, 4.69) is 0 Å². The third kappa shape index (κ3) is 6.41. The van der Waals surface area contributed by atoms with E-state index >= 15 is 0 Å². The molecule has 0 aromatic rings. The van der Waals surface area contributed by atoms with Crippen LogP contribution in [0.4, 0.5) is 0 Å². The van der Waals surface area contributed by atoms with E-state index in [0.29, 0.717) is 13.1 Å². The summed E-state index contributed by atoms with van der Waals surface area (Å²) in [6.07, 6.45) is 0. The monoisotopic (exact) mass is 242 g/mol. The second kappa shape index (κ2) is 7.43. The largest absolute Gasteiger partial charge is 0.344 e. The molecule has 0 fully saturated rings. The number of carbonyl (C=O) groups is 2. The molecule has 0 bridgehead atoms. The van der Waals surface area contributed by atoms with Crippen LogP contribution in [0.3, 0.4) is 0 Å². The van der Waals surface area contributed by atoms with Crippen molar-refractivity contribution in [1.29, 1.82) is 0 Å². The Kier molecular flexibility index (Phi) is 7.04. The van der Waals surface area contributed by atoms with Crippen LogP contribution in [0.5, 0.6) is 0 Å². The number of carbonyl (C=O) groups excluding carboxylic acids is 2. The first kappa shape index (κ1) is 16.1. The molecule has 0 N–H and O–H groups in total. The molecule has 4 nitrogen and oxygen atoms in total. The molecule has 0 aromatic carbocycles. The average Bonchev–Trinajstić information content (AvgIpc) is 2.24. The zero-order valence-corrected chi connectivity index (χ0v) is 12.0. The number of likely N-dealkylation sites (N-methyl/N-ethyl adjacent to an activating group) is 2. The van der Waals surface area contributed by atoms with Gasteiger partial charge >= 0.3 is 0 Å². The van der Waals surface area contributed by atoms with E-state index < -0.39 is 0 Å². The smallest absolute Gasteiger partial charge is 0.224 e. The van der Waals surface area contributed by atoms with Crippen LogP contribution in [0.15, 0.2) is 0 Å². The summed E-state index contributed by atoms with van der Waals surface area (Å²) >= 11 is 0. The lowest BCUT2D eigenvalue weighted by molar-refractivity contribution is -0.133. The second-order valence-electron chi connectivity index (χ2n) is 5.27. The van der Waals surface area contributed by atoms with Gasteiger partial charge in [-0.25, -0.2) is 0 Å². The Hall–Kier alpha value is -0.900. The Morgan fingerprint density at radius 2 is 1.47 bits per heavy atom. The molecule has 0 heterocycles. The molecule has 0 unspecified atom stereocenters. The lowest BCUT2D eigenvalue weighted by Crippen LogP contribution is -2.38. The van der Waals surface area contributed by atoms with Crippen molar-refractivity contribution in [2.75, 3.05) is 33.7 Å². The first-order valence-corrected chi connectivity index (χ1v) is 6.22. The Morgan fingerprint density at radius 1 is 0.941 bits per heavy atom. The molecule has 0 radical (unpaired) electrons. The van der Waals surface area contributed by atoms with Crippen LogP contribution in [0, 0.1) is 11.8 Å². The van der Waals surface area contributed by atoms with Gasteiger partial charge in [0.05, 0.1) is 6.54 Å². The van der Waals surface area contributed by atoms with Crippen LogP contribution in [-0.2, 0) is 9.59 Å². The maximum absolute atomic E-state index is 11.6. The van der Waals surface area contributed by atoms with Crippen molar-refractivity contribution in [3.63, 3.8) is 0 Å². The fourth-order valence-electron chi connectivity index (χ4n) is 1.40. The fraction of sp³-hybridized carbons (Fsp3) is 0.846. The van der Waals surface area contributed by atoms with Gasteiger partial charge in [0, 0.05) is 32.0 Å². The average molecular weight is 242 g/mol. The van der Waals surface area contributed by atoms with Crippen LogP contribution in [-0.4, -0.2) is 55.2 Å². The third-order valence-corrected chi connectivity index (χ3v) is 2.76. The van der Waals surface area contributed by atoms with Gasteiger partial charge in [-0.3, -0.25) is 14.5 Å². The molecule has 1 amide bonds. The minimum Gasteiger partial charge on any atom is -0.344 e. The molecule has 17 heavy (non-hydrogen) atoms. The van der Waals surface area contributed by atoms with Crippen molar-refractivity contribution in [1.82, 2.24) is 9.80 Å². The molecule has 0 rings (SSSR count). The highest BCUT2D eigenvalue weighted by Gasteiger charge is 2.14. The Labute approximate surface area is 105 Å². The predicted octanol–water partition coefficient (Wildman–Crippen LogP) is 1.26. The Bertz CT molecular complexity index is 262. The van der Waals surface area contributed by atoms with Crippen LogP contribution in [0.2, 0.25) is 0 Å². The van der Waals surface area contributed by atoms with Gasteiger partial charge in [0.25, 0.3) is 0 Å². The number of Topliss-reactive ketones (excluding diaryl/α,β-unsaturated/α-hetero) is 1. The summed E-state index contributed by atoms with van der Waals surface area (Å²) in [7, 11) is 3.72. The number of nitrogens with zero attached hydrogens (tertiary/aromatic N) is 2. The molecular formula is C13H26N2O2. The van der Waals surface area contributed by atoms with Gasteiger partial charge in [-0.05, 0) is 7.05 Å². The summed E-state index contributed by atoms with van der Waals surface area (Å²) in [6, 6.07) is 0. The van der Waals surface area contributed by atoms with Gasteiger partial charge in [0.1, 0.15) is 5.78 Å². The van der Waals surface area contributed by atoms with E-state index in [-0.39, 0.29) is 23.5 Å². The molecule has 0 aromatic heterocycles. The minimum atomic E-state index is 0.0302. The summed E-state index contributed by atoms with van der Waals surface area (Å²) in [5.74, 6) is 0.494. The molecule has 0 spiro atoms.